The first-order valence-corrected chi connectivity index (χ1v) is 6.93. The van der Waals surface area contributed by atoms with E-state index in [2.05, 4.69) is 33.2 Å². The van der Waals surface area contributed by atoms with Gasteiger partial charge < -0.3 is 4.90 Å². The number of rotatable bonds is 1. The highest BCUT2D eigenvalue weighted by Crippen LogP contribution is 2.24. The van der Waals surface area contributed by atoms with Crippen LogP contribution >= 0.6 is 27.3 Å². The van der Waals surface area contributed by atoms with Gasteiger partial charge in [0.05, 0.1) is 9.98 Å². The Labute approximate surface area is 107 Å². The highest BCUT2D eigenvalue weighted by molar-refractivity contribution is 9.11. The van der Waals surface area contributed by atoms with Gasteiger partial charge in [-0.15, -0.1) is 0 Å². The number of likely N-dealkylation sites (tertiary alicyclic amines) is 1. The van der Waals surface area contributed by atoms with Crippen molar-refractivity contribution in [2.75, 3.05) is 18.4 Å². The third-order valence-corrected chi connectivity index (χ3v) is 4.03. The maximum Gasteiger partial charge on any atom is 0.323 e. The van der Waals surface area contributed by atoms with E-state index >= 15 is 0 Å². The molecule has 1 atom stereocenters. The Balaban J connectivity index is 1.92. The highest BCUT2D eigenvalue weighted by atomic mass is 79.9. The number of hydrogen-bond donors (Lipinski definition) is 1. The van der Waals surface area contributed by atoms with E-state index in [4.69, 9.17) is 0 Å². The van der Waals surface area contributed by atoms with Crippen LogP contribution in [-0.2, 0) is 0 Å². The summed E-state index contributed by atoms with van der Waals surface area (Å²) >= 11 is 4.75. The van der Waals surface area contributed by atoms with Gasteiger partial charge in [-0.25, -0.2) is 9.78 Å². The average Bonchev–Trinajstić information content (AvgIpc) is 2.64. The predicted octanol–water partition coefficient (Wildman–Crippen LogP) is 3.17. The van der Waals surface area contributed by atoms with Gasteiger partial charge in [0.15, 0.2) is 5.13 Å². The predicted molar refractivity (Wildman–Crippen MR) is 68.8 cm³/mol. The van der Waals surface area contributed by atoms with Gasteiger partial charge in [-0.2, -0.15) is 0 Å². The molecule has 1 aliphatic rings. The molecule has 1 aliphatic heterocycles. The van der Waals surface area contributed by atoms with Gasteiger partial charge >= 0.3 is 6.03 Å². The zero-order valence-corrected chi connectivity index (χ0v) is 11.5. The minimum absolute atomic E-state index is 0.0339. The molecule has 1 N–H and O–H groups in total. The first kappa shape index (κ1) is 11.9. The summed E-state index contributed by atoms with van der Waals surface area (Å²) in [6.07, 6.45) is 4.00. The molecule has 1 saturated heterocycles. The van der Waals surface area contributed by atoms with Crippen molar-refractivity contribution in [1.82, 2.24) is 9.88 Å². The topological polar surface area (TPSA) is 45.2 Å². The van der Waals surface area contributed by atoms with Crippen molar-refractivity contribution in [3.05, 3.63) is 9.98 Å². The lowest BCUT2D eigenvalue weighted by molar-refractivity contribution is 0.182. The summed E-state index contributed by atoms with van der Waals surface area (Å²) in [5.74, 6) is 0.600. The second-order valence-corrected chi connectivity index (χ2v) is 6.50. The maximum atomic E-state index is 11.9. The minimum atomic E-state index is -0.0339. The van der Waals surface area contributed by atoms with Crippen LogP contribution in [0.25, 0.3) is 0 Å². The number of thiazole rings is 1. The number of nitrogens with one attached hydrogen (secondary N) is 1. The van der Waals surface area contributed by atoms with Crippen molar-refractivity contribution >= 4 is 38.4 Å². The Bertz CT molecular complexity index is 382. The van der Waals surface area contributed by atoms with Crippen molar-refractivity contribution < 1.29 is 4.79 Å². The van der Waals surface area contributed by atoms with E-state index in [0.29, 0.717) is 11.0 Å². The second-order valence-electron chi connectivity index (χ2n) is 4.09. The van der Waals surface area contributed by atoms with Gasteiger partial charge in [-0.3, -0.25) is 5.32 Å². The van der Waals surface area contributed by atoms with Crippen LogP contribution in [-0.4, -0.2) is 29.0 Å². The molecular formula is C10H14BrN3OS. The summed E-state index contributed by atoms with van der Waals surface area (Å²) in [6.45, 7) is 3.88. The summed E-state index contributed by atoms with van der Waals surface area (Å²) < 4.78 is 0.926. The first-order chi connectivity index (χ1) is 7.65. The van der Waals surface area contributed by atoms with Crippen LogP contribution < -0.4 is 5.32 Å². The molecule has 0 radical (unpaired) electrons. The fraction of sp³-hybridized carbons (Fsp3) is 0.600. The number of urea groups is 1. The maximum absolute atomic E-state index is 11.9. The fourth-order valence-corrected chi connectivity index (χ4v) is 2.95. The Kier molecular flexibility index (Phi) is 3.81. The number of halogens is 1. The van der Waals surface area contributed by atoms with E-state index in [9.17, 15) is 4.79 Å². The molecule has 1 aromatic rings. The molecule has 88 valence electrons. The SMILES string of the molecule is CC1CCCN(C(=O)Nc2ncc(Br)s2)C1. The molecule has 6 heteroatoms. The summed E-state index contributed by atoms with van der Waals surface area (Å²) in [5.41, 5.74) is 0. The van der Waals surface area contributed by atoms with Crippen LogP contribution in [0.3, 0.4) is 0 Å². The van der Waals surface area contributed by atoms with Crippen molar-refractivity contribution in [1.29, 1.82) is 0 Å². The van der Waals surface area contributed by atoms with Crippen molar-refractivity contribution in [3.8, 4) is 0 Å². The van der Waals surface area contributed by atoms with E-state index in [1.54, 1.807) is 6.20 Å². The van der Waals surface area contributed by atoms with Crippen LogP contribution in [0.5, 0.6) is 0 Å². The van der Waals surface area contributed by atoms with E-state index < -0.39 is 0 Å². The van der Waals surface area contributed by atoms with Crippen LogP contribution in [0.15, 0.2) is 9.98 Å². The standard InChI is InChI=1S/C10H14BrN3OS/c1-7-3-2-4-14(6-7)10(15)13-9-12-5-8(11)16-9/h5,7H,2-4,6H2,1H3,(H,12,13,15). The number of hydrogen-bond acceptors (Lipinski definition) is 3. The number of amides is 2. The van der Waals surface area contributed by atoms with Crippen molar-refractivity contribution in [2.24, 2.45) is 5.92 Å². The molecule has 2 heterocycles. The normalized spacial score (nSPS) is 20.9. The van der Waals surface area contributed by atoms with Gasteiger partial charge in [0.1, 0.15) is 0 Å². The fourth-order valence-electron chi connectivity index (χ4n) is 1.86. The molecule has 1 aromatic heterocycles. The number of carbonyl (C=O) groups is 1. The second kappa shape index (κ2) is 5.14. The lowest BCUT2D eigenvalue weighted by atomic mass is 10.0. The molecule has 2 amide bonds. The Morgan fingerprint density at radius 2 is 2.56 bits per heavy atom. The third kappa shape index (κ3) is 2.95. The van der Waals surface area contributed by atoms with Gasteiger partial charge in [0.2, 0.25) is 0 Å². The molecule has 1 fully saturated rings. The molecule has 2 rings (SSSR count). The Hall–Kier alpha value is -0.620. The smallest absolute Gasteiger partial charge is 0.323 e. The minimum Gasteiger partial charge on any atom is -0.324 e. The molecule has 0 aliphatic carbocycles. The number of nitrogens with zero attached hydrogens (tertiary/aromatic N) is 2. The van der Waals surface area contributed by atoms with Gasteiger partial charge in [-0.05, 0) is 34.7 Å². The number of anilines is 1. The average molecular weight is 304 g/mol. The molecular weight excluding hydrogens is 290 g/mol. The van der Waals surface area contributed by atoms with Crippen molar-refractivity contribution in [3.63, 3.8) is 0 Å². The number of aromatic nitrogens is 1. The van der Waals surface area contributed by atoms with E-state index in [-0.39, 0.29) is 6.03 Å². The Morgan fingerprint density at radius 1 is 1.75 bits per heavy atom. The number of piperidine rings is 1. The molecule has 0 saturated carbocycles. The first-order valence-electron chi connectivity index (χ1n) is 5.32. The van der Waals surface area contributed by atoms with Crippen LogP contribution in [0.1, 0.15) is 19.8 Å². The van der Waals surface area contributed by atoms with Gasteiger partial charge in [0.25, 0.3) is 0 Å². The molecule has 16 heavy (non-hydrogen) atoms. The van der Waals surface area contributed by atoms with Gasteiger partial charge in [0, 0.05) is 13.1 Å². The summed E-state index contributed by atoms with van der Waals surface area (Å²) in [4.78, 5) is 17.8. The molecule has 0 spiro atoms. The molecule has 0 aromatic carbocycles. The summed E-state index contributed by atoms with van der Waals surface area (Å²) in [7, 11) is 0. The van der Waals surface area contributed by atoms with Crippen LogP contribution in [0.2, 0.25) is 0 Å². The summed E-state index contributed by atoms with van der Waals surface area (Å²) in [5, 5.41) is 3.47. The highest BCUT2D eigenvalue weighted by Gasteiger charge is 2.21. The largest absolute Gasteiger partial charge is 0.324 e. The Morgan fingerprint density at radius 3 is 3.19 bits per heavy atom. The van der Waals surface area contributed by atoms with Gasteiger partial charge in [-0.1, -0.05) is 18.3 Å². The molecule has 4 nitrogen and oxygen atoms in total. The summed E-state index contributed by atoms with van der Waals surface area (Å²) in [6, 6.07) is -0.0339. The monoisotopic (exact) mass is 303 g/mol. The van der Waals surface area contributed by atoms with Crippen LogP contribution in [0, 0.1) is 5.92 Å². The molecule has 1 unspecified atom stereocenters. The van der Waals surface area contributed by atoms with E-state index in [0.717, 1.165) is 23.3 Å². The third-order valence-electron chi connectivity index (χ3n) is 2.64. The van der Waals surface area contributed by atoms with Crippen molar-refractivity contribution in [2.45, 2.75) is 19.8 Å². The van der Waals surface area contributed by atoms with E-state index in [1.807, 2.05) is 4.90 Å². The lowest BCUT2D eigenvalue weighted by Gasteiger charge is -2.30. The quantitative estimate of drug-likeness (QED) is 0.866. The zero-order valence-electron chi connectivity index (χ0n) is 9.07. The lowest BCUT2D eigenvalue weighted by Crippen LogP contribution is -2.41. The van der Waals surface area contributed by atoms with Crippen LogP contribution in [0.4, 0.5) is 9.93 Å². The van der Waals surface area contributed by atoms with E-state index in [1.165, 1.54) is 17.8 Å². The zero-order chi connectivity index (χ0) is 11.5. The molecule has 0 bridgehead atoms. The number of carbonyl (C=O) groups excluding carboxylic acids is 1.